The van der Waals surface area contributed by atoms with Gasteiger partial charge in [0.15, 0.2) is 9.84 Å². The van der Waals surface area contributed by atoms with Crippen LogP contribution >= 0.6 is 11.8 Å². The molecule has 2 rings (SSSR count). The number of rotatable bonds is 6. The lowest BCUT2D eigenvalue weighted by molar-refractivity contribution is -0.137. The number of thioether (sulfide) groups is 1. The lowest BCUT2D eigenvalue weighted by atomic mass is 9.84. The van der Waals surface area contributed by atoms with Crippen molar-refractivity contribution in [3.63, 3.8) is 0 Å². The molecule has 0 amide bonds. The van der Waals surface area contributed by atoms with E-state index >= 15 is 0 Å². The van der Waals surface area contributed by atoms with E-state index < -0.39 is 31.9 Å². The molecule has 0 aliphatic rings. The van der Waals surface area contributed by atoms with Crippen LogP contribution in [-0.4, -0.2) is 30.3 Å². The van der Waals surface area contributed by atoms with E-state index in [-0.39, 0.29) is 11.3 Å². The molecule has 0 heterocycles. The molecule has 0 radical (unpaired) electrons. The van der Waals surface area contributed by atoms with Gasteiger partial charge in [0.25, 0.3) is 0 Å². The van der Waals surface area contributed by atoms with Crippen LogP contribution in [0, 0.1) is 6.92 Å². The summed E-state index contributed by atoms with van der Waals surface area (Å²) >= 11 is 1.25. The minimum atomic E-state index is -4.51. The van der Waals surface area contributed by atoms with Crippen LogP contribution in [0.4, 0.5) is 13.2 Å². The Kier molecular flexibility index (Phi) is 6.28. The molecule has 0 aliphatic heterocycles. The number of hydrogen-bond donors (Lipinski definition) is 1. The molecule has 1 atom stereocenters. The van der Waals surface area contributed by atoms with Gasteiger partial charge in [0, 0.05) is 16.9 Å². The third-order valence-electron chi connectivity index (χ3n) is 5.08. The fraction of sp³-hybridized carbons (Fsp3) is 0.400. The predicted molar refractivity (Wildman–Crippen MR) is 106 cm³/mol. The van der Waals surface area contributed by atoms with Crippen LogP contribution in [0.1, 0.15) is 30.5 Å². The van der Waals surface area contributed by atoms with Gasteiger partial charge in [-0.1, -0.05) is 29.8 Å². The summed E-state index contributed by atoms with van der Waals surface area (Å²) in [5, 5.41) is 11.5. The summed E-state index contributed by atoms with van der Waals surface area (Å²) < 4.78 is 61.8. The van der Waals surface area contributed by atoms with Gasteiger partial charge < -0.3 is 5.11 Å². The standard InChI is InChI=1S/C20H23F3O3S2/c1-14-5-11-17(12-6-14)27-13-19(24,18(2,3)28(4,25)26)15-7-9-16(10-8-15)20(21,22)23/h5-12,24H,13H2,1-4H3. The van der Waals surface area contributed by atoms with Crippen molar-refractivity contribution >= 4 is 21.6 Å². The highest BCUT2D eigenvalue weighted by Crippen LogP contribution is 2.43. The maximum absolute atomic E-state index is 12.9. The second-order valence-corrected chi connectivity index (χ2v) is 10.9. The van der Waals surface area contributed by atoms with Crippen molar-refractivity contribution in [2.45, 2.75) is 42.2 Å². The molecule has 0 saturated heterocycles. The van der Waals surface area contributed by atoms with Crippen molar-refractivity contribution in [3.8, 4) is 0 Å². The van der Waals surface area contributed by atoms with Gasteiger partial charge in [-0.2, -0.15) is 13.2 Å². The Morgan fingerprint density at radius 2 is 1.39 bits per heavy atom. The normalized spacial score (nSPS) is 15.3. The van der Waals surface area contributed by atoms with Crippen LogP contribution in [0.5, 0.6) is 0 Å². The van der Waals surface area contributed by atoms with Crippen LogP contribution in [0.2, 0.25) is 0 Å². The second-order valence-electron chi connectivity index (χ2n) is 7.32. The van der Waals surface area contributed by atoms with Gasteiger partial charge in [0.2, 0.25) is 0 Å². The zero-order valence-corrected chi connectivity index (χ0v) is 17.7. The largest absolute Gasteiger partial charge is 0.416 e. The van der Waals surface area contributed by atoms with Crippen molar-refractivity contribution in [2.24, 2.45) is 0 Å². The summed E-state index contributed by atoms with van der Waals surface area (Å²) in [6.07, 6.45) is -3.50. The Labute approximate surface area is 167 Å². The average molecular weight is 433 g/mol. The number of halogens is 3. The molecule has 3 nitrogen and oxygen atoms in total. The van der Waals surface area contributed by atoms with Crippen LogP contribution in [0.15, 0.2) is 53.4 Å². The van der Waals surface area contributed by atoms with Gasteiger partial charge in [0.05, 0.1) is 5.56 Å². The third kappa shape index (κ3) is 4.55. The molecule has 0 fully saturated rings. The quantitative estimate of drug-likeness (QED) is 0.665. The van der Waals surface area contributed by atoms with E-state index in [9.17, 15) is 26.7 Å². The maximum atomic E-state index is 12.9. The number of aliphatic hydroxyl groups is 1. The minimum Gasteiger partial charge on any atom is -0.383 e. The molecule has 0 aromatic heterocycles. The lowest BCUT2D eigenvalue weighted by Crippen LogP contribution is -2.54. The molecule has 0 spiro atoms. The second kappa shape index (κ2) is 7.72. The first-order valence-corrected chi connectivity index (χ1v) is 11.4. The summed E-state index contributed by atoms with van der Waals surface area (Å²) in [6.45, 7) is 4.70. The summed E-state index contributed by atoms with van der Waals surface area (Å²) in [5.41, 5.74) is -1.59. The van der Waals surface area contributed by atoms with E-state index in [1.165, 1.54) is 25.6 Å². The Balaban J connectivity index is 2.48. The van der Waals surface area contributed by atoms with Crippen molar-refractivity contribution in [1.29, 1.82) is 0 Å². The van der Waals surface area contributed by atoms with Crippen LogP contribution in [0.25, 0.3) is 0 Å². The van der Waals surface area contributed by atoms with Crippen molar-refractivity contribution in [1.82, 2.24) is 0 Å². The Morgan fingerprint density at radius 3 is 1.82 bits per heavy atom. The molecular weight excluding hydrogens is 409 g/mol. The monoisotopic (exact) mass is 432 g/mol. The van der Waals surface area contributed by atoms with Gasteiger partial charge in [0.1, 0.15) is 10.3 Å². The average Bonchev–Trinajstić information content (AvgIpc) is 2.59. The fourth-order valence-electron chi connectivity index (χ4n) is 2.67. The summed E-state index contributed by atoms with van der Waals surface area (Å²) in [4.78, 5) is 0.820. The van der Waals surface area contributed by atoms with E-state index in [2.05, 4.69) is 0 Å². The van der Waals surface area contributed by atoms with Gasteiger partial charge in [-0.15, -0.1) is 11.8 Å². The molecule has 1 N–H and O–H groups in total. The molecule has 2 aromatic carbocycles. The number of hydrogen-bond acceptors (Lipinski definition) is 4. The summed E-state index contributed by atoms with van der Waals surface area (Å²) in [7, 11) is -3.74. The van der Waals surface area contributed by atoms with E-state index in [0.717, 1.165) is 41.0 Å². The zero-order chi connectivity index (χ0) is 21.4. The smallest absolute Gasteiger partial charge is 0.383 e. The van der Waals surface area contributed by atoms with Crippen molar-refractivity contribution in [3.05, 3.63) is 65.2 Å². The minimum absolute atomic E-state index is 0.0402. The van der Waals surface area contributed by atoms with Gasteiger partial charge >= 0.3 is 6.18 Å². The third-order valence-corrected chi connectivity index (χ3v) is 8.44. The summed E-state index contributed by atoms with van der Waals surface area (Å²) in [5.74, 6) is -0.0402. The van der Waals surface area contributed by atoms with Gasteiger partial charge in [-0.05, 0) is 50.6 Å². The summed E-state index contributed by atoms with van der Waals surface area (Å²) in [6, 6.07) is 11.5. The first-order chi connectivity index (χ1) is 12.7. The van der Waals surface area contributed by atoms with E-state index in [1.807, 2.05) is 31.2 Å². The number of sulfone groups is 1. The Hall–Kier alpha value is -1.51. The van der Waals surface area contributed by atoms with E-state index in [0.29, 0.717) is 0 Å². The molecule has 0 aliphatic carbocycles. The van der Waals surface area contributed by atoms with Gasteiger partial charge in [-0.25, -0.2) is 8.42 Å². The Morgan fingerprint density at radius 1 is 0.929 bits per heavy atom. The Bertz CT molecular complexity index is 919. The lowest BCUT2D eigenvalue weighted by Gasteiger charge is -2.41. The molecule has 2 aromatic rings. The van der Waals surface area contributed by atoms with Crippen LogP contribution in [-0.2, 0) is 21.6 Å². The van der Waals surface area contributed by atoms with E-state index in [1.54, 1.807) is 0 Å². The zero-order valence-electron chi connectivity index (χ0n) is 16.0. The van der Waals surface area contributed by atoms with Crippen molar-refractivity contribution < 1.29 is 26.7 Å². The molecule has 8 heteroatoms. The van der Waals surface area contributed by atoms with Crippen LogP contribution in [0.3, 0.4) is 0 Å². The highest BCUT2D eigenvalue weighted by Gasteiger charge is 2.51. The first-order valence-electron chi connectivity index (χ1n) is 8.48. The highest BCUT2D eigenvalue weighted by atomic mass is 32.2. The maximum Gasteiger partial charge on any atom is 0.416 e. The van der Waals surface area contributed by atoms with Crippen molar-refractivity contribution in [2.75, 3.05) is 12.0 Å². The van der Waals surface area contributed by atoms with Crippen LogP contribution < -0.4 is 0 Å². The topological polar surface area (TPSA) is 54.4 Å². The highest BCUT2D eigenvalue weighted by molar-refractivity contribution is 7.99. The molecular formula is C20H23F3O3S2. The van der Waals surface area contributed by atoms with Gasteiger partial charge in [-0.3, -0.25) is 0 Å². The fourth-order valence-corrected chi connectivity index (χ4v) is 4.80. The molecule has 28 heavy (non-hydrogen) atoms. The SMILES string of the molecule is Cc1ccc(SCC(O)(c2ccc(C(F)(F)F)cc2)C(C)(C)S(C)(=O)=O)cc1. The molecule has 154 valence electrons. The number of aryl methyl sites for hydroxylation is 1. The first kappa shape index (κ1) is 22.8. The number of alkyl halides is 3. The molecule has 0 saturated carbocycles. The van der Waals surface area contributed by atoms with E-state index in [4.69, 9.17) is 0 Å². The number of benzene rings is 2. The molecule has 1 unspecified atom stereocenters. The predicted octanol–water partition coefficient (Wildman–Crippen LogP) is 4.82. The molecule has 0 bridgehead atoms.